The summed E-state index contributed by atoms with van der Waals surface area (Å²) >= 11 is 0. The van der Waals surface area contributed by atoms with Crippen LogP contribution >= 0.6 is 0 Å². The normalized spacial score (nSPS) is 17.2. The van der Waals surface area contributed by atoms with E-state index in [2.05, 4.69) is 6.58 Å². The van der Waals surface area contributed by atoms with Gasteiger partial charge in [0.15, 0.2) is 0 Å². The smallest absolute Gasteiger partial charge is 0.380 e. The lowest BCUT2D eigenvalue weighted by Crippen LogP contribution is -2.36. The molecule has 20 heavy (non-hydrogen) atoms. The zero-order valence-electron chi connectivity index (χ0n) is 11.9. The van der Waals surface area contributed by atoms with E-state index in [0.29, 0.717) is 5.56 Å². The van der Waals surface area contributed by atoms with Crippen molar-refractivity contribution in [2.45, 2.75) is 44.6 Å². The van der Waals surface area contributed by atoms with Crippen molar-refractivity contribution in [2.24, 2.45) is 0 Å². The number of esters is 1. The summed E-state index contributed by atoms with van der Waals surface area (Å²) in [5.74, 6) is -1.33. The summed E-state index contributed by atoms with van der Waals surface area (Å²) in [7, 11) is 0. The Kier molecular flexibility index (Phi) is 4.38. The zero-order chi connectivity index (χ0) is 14.6. The van der Waals surface area contributed by atoms with Gasteiger partial charge in [0.1, 0.15) is 5.60 Å². The number of hydrogen-bond acceptors (Lipinski definition) is 3. The van der Waals surface area contributed by atoms with Crippen LogP contribution in [0.1, 0.15) is 54.9 Å². The molecule has 1 aromatic rings. The fourth-order valence-electron chi connectivity index (χ4n) is 2.56. The van der Waals surface area contributed by atoms with E-state index < -0.39 is 17.4 Å². The summed E-state index contributed by atoms with van der Waals surface area (Å²) in [6, 6.07) is 6.78. The summed E-state index contributed by atoms with van der Waals surface area (Å²) in [5, 5.41) is 0. The van der Waals surface area contributed by atoms with Gasteiger partial charge in [-0.15, -0.1) is 0 Å². The number of carbonyl (C=O) groups is 2. The average molecular weight is 272 g/mol. The van der Waals surface area contributed by atoms with E-state index in [0.717, 1.165) is 31.2 Å². The molecule has 0 spiro atoms. The van der Waals surface area contributed by atoms with E-state index in [9.17, 15) is 9.59 Å². The van der Waals surface area contributed by atoms with E-state index in [1.54, 1.807) is 30.3 Å². The Bertz CT molecular complexity index is 508. The molecule has 0 heterocycles. The van der Waals surface area contributed by atoms with Gasteiger partial charge in [-0.25, -0.2) is 4.79 Å². The van der Waals surface area contributed by atoms with E-state index in [4.69, 9.17) is 4.74 Å². The lowest BCUT2D eigenvalue weighted by molar-refractivity contribution is -0.154. The van der Waals surface area contributed by atoms with Gasteiger partial charge in [-0.05, 0) is 38.2 Å². The van der Waals surface area contributed by atoms with Crippen LogP contribution in [0.3, 0.4) is 0 Å². The number of ether oxygens (including phenoxy) is 1. The van der Waals surface area contributed by atoms with Crippen LogP contribution in [0, 0.1) is 0 Å². The highest BCUT2D eigenvalue weighted by Crippen LogP contribution is 2.31. The minimum Gasteiger partial charge on any atom is -0.453 e. The van der Waals surface area contributed by atoms with Crippen molar-refractivity contribution in [3.05, 3.63) is 42.0 Å². The van der Waals surface area contributed by atoms with Gasteiger partial charge >= 0.3 is 5.97 Å². The summed E-state index contributed by atoms with van der Waals surface area (Å²) in [4.78, 5) is 24.0. The molecule has 3 nitrogen and oxygen atoms in total. The Morgan fingerprint density at radius 3 is 2.30 bits per heavy atom. The summed E-state index contributed by atoms with van der Waals surface area (Å²) in [6.45, 7) is 5.57. The van der Waals surface area contributed by atoms with Gasteiger partial charge in [-0.1, -0.05) is 43.3 Å². The molecule has 0 bridgehead atoms. The van der Waals surface area contributed by atoms with Gasteiger partial charge in [0, 0.05) is 5.56 Å². The number of benzene rings is 1. The molecule has 0 aromatic heterocycles. The highest BCUT2D eigenvalue weighted by atomic mass is 16.6. The minimum absolute atomic E-state index is 0.361. The van der Waals surface area contributed by atoms with E-state index >= 15 is 0 Å². The second-order valence-corrected chi connectivity index (χ2v) is 5.56. The standard InChI is InChI=1S/C17H20O3/c1-3-13-7-9-14(10-8-13)15(18)16(19)20-17(2)11-5-4-6-12-17/h3,7-10H,1,4-6,11-12H2,2H3. The quantitative estimate of drug-likeness (QED) is 0.476. The zero-order valence-corrected chi connectivity index (χ0v) is 11.9. The molecule has 0 radical (unpaired) electrons. The number of rotatable bonds is 4. The number of carbonyl (C=O) groups excluding carboxylic acids is 2. The molecule has 1 aliphatic rings. The molecular weight excluding hydrogens is 252 g/mol. The molecule has 0 aliphatic heterocycles. The molecule has 106 valence electrons. The van der Waals surface area contributed by atoms with Gasteiger partial charge in [-0.3, -0.25) is 4.79 Å². The Labute approximate surface area is 119 Å². The third-order valence-electron chi connectivity index (χ3n) is 3.84. The maximum absolute atomic E-state index is 12.1. The first kappa shape index (κ1) is 14.5. The van der Waals surface area contributed by atoms with Gasteiger partial charge in [0.2, 0.25) is 0 Å². The SMILES string of the molecule is C=Cc1ccc(C(=O)C(=O)OC2(C)CCCCC2)cc1. The van der Waals surface area contributed by atoms with Crippen LogP contribution in [0.25, 0.3) is 6.08 Å². The molecule has 0 N–H and O–H groups in total. The predicted octanol–water partition coefficient (Wildman–Crippen LogP) is 3.78. The first-order valence-electron chi connectivity index (χ1n) is 7.04. The molecule has 1 fully saturated rings. The Morgan fingerprint density at radius 2 is 1.75 bits per heavy atom. The van der Waals surface area contributed by atoms with E-state index in [1.807, 2.05) is 6.92 Å². The first-order valence-corrected chi connectivity index (χ1v) is 7.04. The van der Waals surface area contributed by atoms with Crippen LogP contribution in [0.15, 0.2) is 30.8 Å². The van der Waals surface area contributed by atoms with Gasteiger partial charge < -0.3 is 4.74 Å². The molecule has 3 heteroatoms. The summed E-state index contributed by atoms with van der Waals surface area (Å²) in [5.41, 5.74) is 0.792. The second-order valence-electron chi connectivity index (χ2n) is 5.56. The lowest BCUT2D eigenvalue weighted by Gasteiger charge is -2.32. The molecule has 0 saturated heterocycles. The van der Waals surface area contributed by atoms with Crippen molar-refractivity contribution in [3.8, 4) is 0 Å². The van der Waals surface area contributed by atoms with Crippen LogP contribution < -0.4 is 0 Å². The second kappa shape index (κ2) is 6.04. The monoisotopic (exact) mass is 272 g/mol. The highest BCUT2D eigenvalue weighted by Gasteiger charge is 2.33. The first-order chi connectivity index (χ1) is 9.54. The molecular formula is C17H20O3. The maximum atomic E-state index is 12.1. The summed E-state index contributed by atoms with van der Waals surface area (Å²) in [6.07, 6.45) is 6.63. The molecule has 1 aliphatic carbocycles. The topological polar surface area (TPSA) is 43.4 Å². The molecule has 1 saturated carbocycles. The Morgan fingerprint density at radius 1 is 1.15 bits per heavy atom. The third-order valence-corrected chi connectivity index (χ3v) is 3.84. The summed E-state index contributed by atoms with van der Waals surface area (Å²) < 4.78 is 5.44. The van der Waals surface area contributed by atoms with Gasteiger partial charge in [0.05, 0.1) is 0 Å². The minimum atomic E-state index is -0.749. The Balaban J connectivity index is 2.04. The number of Topliss-reactive ketones (excluding diaryl/α,β-unsaturated/α-hetero) is 1. The van der Waals surface area contributed by atoms with Crippen LogP contribution in [0.2, 0.25) is 0 Å². The van der Waals surface area contributed by atoms with Crippen molar-refractivity contribution in [3.63, 3.8) is 0 Å². The van der Waals surface area contributed by atoms with Gasteiger partial charge in [0.25, 0.3) is 5.78 Å². The van der Waals surface area contributed by atoms with Crippen molar-refractivity contribution >= 4 is 17.8 Å². The molecule has 2 rings (SSSR count). The average Bonchev–Trinajstić information content (AvgIpc) is 2.47. The van der Waals surface area contributed by atoms with Crippen molar-refractivity contribution < 1.29 is 14.3 Å². The molecule has 0 unspecified atom stereocenters. The largest absolute Gasteiger partial charge is 0.453 e. The van der Waals surface area contributed by atoms with Crippen LogP contribution in [0.5, 0.6) is 0 Å². The van der Waals surface area contributed by atoms with Crippen LogP contribution in [-0.2, 0) is 9.53 Å². The number of hydrogen-bond donors (Lipinski definition) is 0. The molecule has 1 aromatic carbocycles. The van der Waals surface area contributed by atoms with Crippen molar-refractivity contribution in [2.75, 3.05) is 0 Å². The molecule has 0 atom stereocenters. The van der Waals surface area contributed by atoms with Crippen LogP contribution in [0.4, 0.5) is 0 Å². The van der Waals surface area contributed by atoms with Crippen molar-refractivity contribution in [1.82, 2.24) is 0 Å². The number of ketones is 1. The predicted molar refractivity (Wildman–Crippen MR) is 78.4 cm³/mol. The van der Waals surface area contributed by atoms with Crippen LogP contribution in [-0.4, -0.2) is 17.4 Å². The Hall–Kier alpha value is -1.90. The van der Waals surface area contributed by atoms with E-state index in [1.165, 1.54) is 6.42 Å². The van der Waals surface area contributed by atoms with Gasteiger partial charge in [-0.2, -0.15) is 0 Å². The fourth-order valence-corrected chi connectivity index (χ4v) is 2.56. The molecule has 0 amide bonds. The fraction of sp³-hybridized carbons (Fsp3) is 0.412. The van der Waals surface area contributed by atoms with E-state index in [-0.39, 0.29) is 0 Å². The highest BCUT2D eigenvalue weighted by molar-refractivity contribution is 6.40. The van der Waals surface area contributed by atoms with Crippen molar-refractivity contribution in [1.29, 1.82) is 0 Å². The lowest BCUT2D eigenvalue weighted by atomic mass is 9.86. The third kappa shape index (κ3) is 3.35. The maximum Gasteiger partial charge on any atom is 0.380 e.